The molecule has 0 bridgehead atoms. The van der Waals surface area contributed by atoms with E-state index in [0.717, 1.165) is 5.69 Å². The van der Waals surface area contributed by atoms with Gasteiger partial charge in [-0.2, -0.15) is 0 Å². The molecule has 0 amide bonds. The van der Waals surface area contributed by atoms with Crippen LogP contribution >= 0.6 is 0 Å². The van der Waals surface area contributed by atoms with E-state index in [1.165, 1.54) is 11.6 Å². The summed E-state index contributed by atoms with van der Waals surface area (Å²) in [5.41, 5.74) is 3.08. The van der Waals surface area contributed by atoms with Crippen molar-refractivity contribution in [3.05, 3.63) is 69.8 Å². The van der Waals surface area contributed by atoms with Crippen molar-refractivity contribution in [3.63, 3.8) is 0 Å². The zero-order valence-corrected chi connectivity index (χ0v) is 11.7. The molecule has 0 spiro atoms. The maximum Gasteiger partial charge on any atom is 0.274 e. The Bertz CT molecular complexity index is 592. The summed E-state index contributed by atoms with van der Waals surface area (Å²) in [5.74, 6) is 0.499. The van der Waals surface area contributed by atoms with Crippen LogP contribution in [-0.2, 0) is 6.54 Å². The molecule has 0 saturated heterocycles. The Balaban J connectivity index is 2.07. The summed E-state index contributed by atoms with van der Waals surface area (Å²) in [4.78, 5) is 10.6. The van der Waals surface area contributed by atoms with Crippen LogP contribution in [0.1, 0.15) is 30.9 Å². The molecular weight excluding hydrogens is 252 g/mol. The fourth-order valence-electron chi connectivity index (χ4n) is 2.02. The van der Waals surface area contributed by atoms with Gasteiger partial charge in [0.05, 0.1) is 4.92 Å². The van der Waals surface area contributed by atoms with Crippen molar-refractivity contribution >= 4 is 11.4 Å². The van der Waals surface area contributed by atoms with Crippen LogP contribution in [0.5, 0.6) is 0 Å². The highest BCUT2D eigenvalue weighted by Gasteiger charge is 2.11. The number of para-hydroxylation sites is 1. The summed E-state index contributed by atoms with van der Waals surface area (Å²) in [7, 11) is 0. The van der Waals surface area contributed by atoms with Gasteiger partial charge in [0, 0.05) is 23.9 Å². The number of nitrogens with one attached hydrogen (secondary N) is 1. The molecule has 0 aliphatic heterocycles. The SMILES string of the molecule is CC(C)c1ccc(NCc2ccccc2[N+](=O)[O-])cc1. The predicted octanol–water partition coefficient (Wildman–Crippen LogP) is 4.33. The highest BCUT2D eigenvalue weighted by Crippen LogP contribution is 2.21. The van der Waals surface area contributed by atoms with Gasteiger partial charge in [-0.15, -0.1) is 0 Å². The van der Waals surface area contributed by atoms with Gasteiger partial charge in [0.1, 0.15) is 0 Å². The number of benzene rings is 2. The van der Waals surface area contributed by atoms with Crippen LogP contribution in [0.25, 0.3) is 0 Å². The molecule has 0 heterocycles. The second-order valence-corrected chi connectivity index (χ2v) is 5.02. The minimum atomic E-state index is -0.348. The number of nitro benzene ring substituents is 1. The van der Waals surface area contributed by atoms with Gasteiger partial charge in [-0.25, -0.2) is 0 Å². The number of nitrogens with zero attached hydrogens (tertiary/aromatic N) is 1. The number of hydrogen-bond acceptors (Lipinski definition) is 3. The first-order chi connectivity index (χ1) is 9.58. The maximum absolute atomic E-state index is 10.9. The normalized spacial score (nSPS) is 10.6. The second-order valence-electron chi connectivity index (χ2n) is 5.02. The topological polar surface area (TPSA) is 55.2 Å². The summed E-state index contributed by atoms with van der Waals surface area (Å²) < 4.78 is 0. The van der Waals surface area contributed by atoms with Crippen molar-refractivity contribution in [2.45, 2.75) is 26.3 Å². The van der Waals surface area contributed by atoms with E-state index < -0.39 is 0 Å². The van der Waals surface area contributed by atoms with Crippen molar-refractivity contribution in [2.75, 3.05) is 5.32 Å². The standard InChI is InChI=1S/C16H18N2O2/c1-12(2)13-7-9-15(10-8-13)17-11-14-5-3-4-6-16(14)18(19)20/h3-10,12,17H,11H2,1-2H3. The minimum absolute atomic E-state index is 0.152. The highest BCUT2D eigenvalue weighted by molar-refractivity contribution is 5.48. The van der Waals surface area contributed by atoms with Crippen LogP contribution in [0.15, 0.2) is 48.5 Å². The molecule has 2 aromatic rings. The van der Waals surface area contributed by atoms with Crippen LogP contribution in [-0.4, -0.2) is 4.92 Å². The lowest BCUT2D eigenvalue weighted by Crippen LogP contribution is -2.03. The zero-order valence-electron chi connectivity index (χ0n) is 11.7. The maximum atomic E-state index is 10.9. The average Bonchev–Trinajstić information content (AvgIpc) is 2.45. The van der Waals surface area contributed by atoms with Gasteiger partial charge in [-0.05, 0) is 23.6 Å². The van der Waals surface area contributed by atoms with Gasteiger partial charge in [-0.3, -0.25) is 10.1 Å². The van der Waals surface area contributed by atoms with Crippen LogP contribution < -0.4 is 5.32 Å². The Morgan fingerprint density at radius 2 is 1.75 bits per heavy atom. The number of nitro groups is 1. The zero-order chi connectivity index (χ0) is 14.5. The molecule has 2 aromatic carbocycles. The third-order valence-corrected chi connectivity index (χ3v) is 3.25. The van der Waals surface area contributed by atoms with Gasteiger partial charge in [0.2, 0.25) is 0 Å². The Morgan fingerprint density at radius 1 is 1.10 bits per heavy atom. The summed E-state index contributed by atoms with van der Waals surface area (Å²) in [6.07, 6.45) is 0. The molecule has 104 valence electrons. The van der Waals surface area contributed by atoms with Gasteiger partial charge in [-0.1, -0.05) is 44.2 Å². The van der Waals surface area contributed by atoms with Crippen molar-refractivity contribution in [3.8, 4) is 0 Å². The van der Waals surface area contributed by atoms with Crippen LogP contribution in [0, 0.1) is 10.1 Å². The first-order valence-corrected chi connectivity index (χ1v) is 6.64. The van der Waals surface area contributed by atoms with E-state index in [9.17, 15) is 10.1 Å². The van der Waals surface area contributed by atoms with Crippen LogP contribution in [0.2, 0.25) is 0 Å². The van der Waals surface area contributed by atoms with Crippen molar-refractivity contribution < 1.29 is 4.92 Å². The quantitative estimate of drug-likeness (QED) is 0.650. The first-order valence-electron chi connectivity index (χ1n) is 6.64. The lowest BCUT2D eigenvalue weighted by Gasteiger charge is -2.09. The third kappa shape index (κ3) is 3.35. The van der Waals surface area contributed by atoms with Crippen LogP contribution in [0.4, 0.5) is 11.4 Å². The number of rotatable bonds is 5. The van der Waals surface area contributed by atoms with E-state index in [1.54, 1.807) is 12.1 Å². The molecule has 1 N–H and O–H groups in total. The predicted molar refractivity (Wildman–Crippen MR) is 81.0 cm³/mol. The van der Waals surface area contributed by atoms with E-state index in [0.29, 0.717) is 18.0 Å². The molecule has 0 fully saturated rings. The van der Waals surface area contributed by atoms with E-state index >= 15 is 0 Å². The Kier molecular flexibility index (Phi) is 4.35. The van der Waals surface area contributed by atoms with E-state index in [-0.39, 0.29) is 10.6 Å². The molecule has 0 aliphatic rings. The van der Waals surface area contributed by atoms with Crippen molar-refractivity contribution in [1.82, 2.24) is 0 Å². The molecule has 0 atom stereocenters. The fourth-order valence-corrected chi connectivity index (χ4v) is 2.02. The molecule has 4 heteroatoms. The molecule has 0 aliphatic carbocycles. The lowest BCUT2D eigenvalue weighted by atomic mass is 10.0. The number of anilines is 1. The van der Waals surface area contributed by atoms with Gasteiger partial charge < -0.3 is 5.32 Å². The smallest absolute Gasteiger partial charge is 0.274 e. The lowest BCUT2D eigenvalue weighted by molar-refractivity contribution is -0.385. The molecular formula is C16H18N2O2. The molecule has 0 saturated carbocycles. The summed E-state index contributed by atoms with van der Waals surface area (Å²) in [6, 6.07) is 14.9. The summed E-state index contributed by atoms with van der Waals surface area (Å²) in [6.45, 7) is 4.74. The molecule has 4 nitrogen and oxygen atoms in total. The molecule has 0 aromatic heterocycles. The second kappa shape index (κ2) is 6.19. The molecule has 20 heavy (non-hydrogen) atoms. The Labute approximate surface area is 118 Å². The van der Waals surface area contributed by atoms with Crippen LogP contribution in [0.3, 0.4) is 0 Å². The van der Waals surface area contributed by atoms with Crippen molar-refractivity contribution in [2.24, 2.45) is 0 Å². The largest absolute Gasteiger partial charge is 0.381 e. The van der Waals surface area contributed by atoms with Crippen molar-refractivity contribution in [1.29, 1.82) is 0 Å². The third-order valence-electron chi connectivity index (χ3n) is 3.25. The monoisotopic (exact) mass is 270 g/mol. The minimum Gasteiger partial charge on any atom is -0.381 e. The summed E-state index contributed by atoms with van der Waals surface area (Å²) in [5, 5.41) is 14.1. The fraction of sp³-hybridized carbons (Fsp3) is 0.250. The molecule has 0 unspecified atom stereocenters. The van der Waals surface area contributed by atoms with E-state index in [4.69, 9.17) is 0 Å². The average molecular weight is 270 g/mol. The Morgan fingerprint density at radius 3 is 2.35 bits per heavy atom. The van der Waals surface area contributed by atoms with E-state index in [2.05, 4.69) is 31.3 Å². The summed E-state index contributed by atoms with van der Waals surface area (Å²) >= 11 is 0. The van der Waals surface area contributed by atoms with Gasteiger partial charge in [0.15, 0.2) is 0 Å². The highest BCUT2D eigenvalue weighted by atomic mass is 16.6. The molecule has 0 radical (unpaired) electrons. The Hall–Kier alpha value is -2.36. The van der Waals surface area contributed by atoms with Gasteiger partial charge in [0.25, 0.3) is 5.69 Å². The van der Waals surface area contributed by atoms with E-state index in [1.807, 2.05) is 18.2 Å². The van der Waals surface area contributed by atoms with Gasteiger partial charge >= 0.3 is 0 Å². The first kappa shape index (κ1) is 14.1. The number of hydrogen-bond donors (Lipinski definition) is 1. The molecule has 2 rings (SSSR count).